The highest BCUT2D eigenvalue weighted by Gasteiger charge is 2.43. The summed E-state index contributed by atoms with van der Waals surface area (Å²) in [4.78, 5) is 8.51. The summed E-state index contributed by atoms with van der Waals surface area (Å²) in [5, 5.41) is 36.8. The van der Waals surface area contributed by atoms with Crippen molar-refractivity contribution >= 4 is 11.0 Å². The Morgan fingerprint density at radius 1 is 1.22 bits per heavy atom. The van der Waals surface area contributed by atoms with Crippen molar-refractivity contribution in [1.29, 1.82) is 0 Å². The van der Waals surface area contributed by atoms with Gasteiger partial charge in [0.2, 0.25) is 0 Å². The van der Waals surface area contributed by atoms with E-state index in [1.165, 1.54) is 6.33 Å². The van der Waals surface area contributed by atoms with E-state index in [-0.39, 0.29) is 6.61 Å². The maximum atomic E-state index is 10.2. The minimum Gasteiger partial charge on any atom is -0.394 e. The van der Waals surface area contributed by atoms with Crippen LogP contribution in [0.3, 0.4) is 0 Å². The molecule has 0 unspecified atom stereocenters. The van der Waals surface area contributed by atoms with Crippen LogP contribution in [0.2, 0.25) is 0 Å². The van der Waals surface area contributed by atoms with Gasteiger partial charge in [0, 0.05) is 17.8 Å². The molecule has 3 aromatic rings. The molecule has 3 aromatic heterocycles. The number of hydrogen-bond donors (Lipinski definition) is 4. The van der Waals surface area contributed by atoms with Gasteiger partial charge in [0.1, 0.15) is 36.0 Å². The van der Waals surface area contributed by atoms with Crippen molar-refractivity contribution in [2.24, 2.45) is 0 Å². The number of H-pyrrole nitrogens is 1. The summed E-state index contributed by atoms with van der Waals surface area (Å²) in [6.07, 6.45) is 0.776. The molecule has 0 radical (unpaired) electrons. The van der Waals surface area contributed by atoms with Crippen molar-refractivity contribution in [2.45, 2.75) is 24.5 Å². The summed E-state index contributed by atoms with van der Waals surface area (Å²) >= 11 is 0. The maximum Gasteiger partial charge on any atom is 0.164 e. The Bertz CT molecular complexity index is 818. The molecule has 0 spiro atoms. The molecule has 9 nitrogen and oxygen atoms in total. The summed E-state index contributed by atoms with van der Waals surface area (Å²) in [6.45, 7) is -0.373. The van der Waals surface area contributed by atoms with Gasteiger partial charge < -0.3 is 24.6 Å². The highest BCUT2D eigenvalue weighted by atomic mass is 16.6. The van der Waals surface area contributed by atoms with Crippen molar-refractivity contribution < 1.29 is 20.1 Å². The second-order valence-electron chi connectivity index (χ2n) is 5.38. The summed E-state index contributed by atoms with van der Waals surface area (Å²) < 4.78 is 7.18. The van der Waals surface area contributed by atoms with Gasteiger partial charge in [-0.15, -0.1) is 0 Å². The molecule has 4 rings (SSSR count). The Morgan fingerprint density at radius 3 is 2.78 bits per heavy atom. The molecule has 4 N–H and O–H groups in total. The highest BCUT2D eigenvalue weighted by molar-refractivity contribution is 5.89. The van der Waals surface area contributed by atoms with Crippen LogP contribution in [0.5, 0.6) is 0 Å². The minimum absolute atomic E-state index is 0.373. The number of fused-ring (bicyclic) bond motifs is 1. The van der Waals surface area contributed by atoms with E-state index >= 15 is 0 Å². The Kier molecular flexibility index (Phi) is 3.34. The van der Waals surface area contributed by atoms with Gasteiger partial charge in [-0.3, -0.25) is 5.10 Å². The third-order valence-corrected chi connectivity index (χ3v) is 4.06. The van der Waals surface area contributed by atoms with Crippen molar-refractivity contribution in [1.82, 2.24) is 24.7 Å². The molecule has 0 saturated carbocycles. The van der Waals surface area contributed by atoms with Gasteiger partial charge in [-0.05, 0) is 12.1 Å². The van der Waals surface area contributed by atoms with Crippen LogP contribution < -0.4 is 0 Å². The van der Waals surface area contributed by atoms with Crippen LogP contribution in [0.25, 0.3) is 22.4 Å². The summed E-state index contributed by atoms with van der Waals surface area (Å²) in [5.41, 5.74) is 1.98. The fourth-order valence-corrected chi connectivity index (χ4v) is 2.89. The number of aromatic amines is 1. The van der Waals surface area contributed by atoms with Crippen molar-refractivity contribution in [3.63, 3.8) is 0 Å². The average molecular weight is 317 g/mol. The first-order chi connectivity index (χ1) is 11.2. The first-order valence-corrected chi connectivity index (χ1v) is 7.14. The molecule has 23 heavy (non-hydrogen) atoms. The number of aliphatic hydroxyl groups excluding tert-OH is 3. The SMILES string of the molecule is OC[C@H]1O[C@@H](n2ccc3c(-c4ccn[nH]4)ncnc32)[C@H](O)[C@@H]1O. The molecule has 4 heterocycles. The van der Waals surface area contributed by atoms with Gasteiger partial charge in [-0.1, -0.05) is 0 Å². The Hall–Kier alpha value is -2.33. The van der Waals surface area contributed by atoms with Crippen LogP contribution in [0, 0.1) is 0 Å². The molecular weight excluding hydrogens is 302 g/mol. The van der Waals surface area contributed by atoms with Crippen LogP contribution in [-0.4, -0.2) is 65.0 Å². The van der Waals surface area contributed by atoms with E-state index in [2.05, 4.69) is 20.2 Å². The van der Waals surface area contributed by atoms with Crippen LogP contribution in [0.4, 0.5) is 0 Å². The molecule has 1 aliphatic heterocycles. The predicted molar refractivity (Wildman–Crippen MR) is 78.1 cm³/mol. The lowest BCUT2D eigenvalue weighted by Crippen LogP contribution is -2.33. The standard InChI is InChI=1S/C14H15N5O4/c20-5-9-11(21)12(22)14(23-9)19-4-2-7-10(8-1-3-17-18-8)15-6-16-13(7)19/h1-4,6,9,11-12,14,20-22H,5H2,(H,17,18)/t9-,11-,12-,14-/m1/s1. The maximum absolute atomic E-state index is 10.2. The number of aliphatic hydroxyl groups is 3. The number of nitrogens with zero attached hydrogens (tertiary/aromatic N) is 4. The number of aromatic nitrogens is 5. The third-order valence-electron chi connectivity index (χ3n) is 4.06. The zero-order valence-electron chi connectivity index (χ0n) is 11.9. The number of hydrogen-bond acceptors (Lipinski definition) is 7. The largest absolute Gasteiger partial charge is 0.394 e. The van der Waals surface area contributed by atoms with Gasteiger partial charge in [-0.25, -0.2) is 9.97 Å². The summed E-state index contributed by atoms with van der Waals surface area (Å²) in [5.74, 6) is 0. The Balaban J connectivity index is 1.80. The van der Waals surface area contributed by atoms with Gasteiger partial charge >= 0.3 is 0 Å². The summed E-state index contributed by atoms with van der Waals surface area (Å²) in [7, 11) is 0. The smallest absolute Gasteiger partial charge is 0.164 e. The quantitative estimate of drug-likeness (QED) is 0.509. The zero-order valence-corrected chi connectivity index (χ0v) is 11.9. The number of nitrogens with one attached hydrogen (secondary N) is 1. The molecule has 120 valence electrons. The van der Waals surface area contributed by atoms with Gasteiger partial charge in [0.25, 0.3) is 0 Å². The van der Waals surface area contributed by atoms with Crippen LogP contribution in [-0.2, 0) is 4.74 Å². The predicted octanol–water partition coefficient (Wildman–Crippen LogP) is -0.567. The van der Waals surface area contributed by atoms with Gasteiger partial charge in [0.15, 0.2) is 6.23 Å². The highest BCUT2D eigenvalue weighted by Crippen LogP contribution is 2.33. The average Bonchev–Trinajstić information content (AvgIpc) is 3.28. The summed E-state index contributed by atoms with van der Waals surface area (Å²) in [6, 6.07) is 3.60. The lowest BCUT2D eigenvalue weighted by molar-refractivity contribution is -0.0508. The molecule has 0 amide bonds. The first-order valence-electron chi connectivity index (χ1n) is 7.14. The number of rotatable bonds is 3. The van der Waals surface area contributed by atoms with Crippen LogP contribution >= 0.6 is 0 Å². The Morgan fingerprint density at radius 2 is 2.09 bits per heavy atom. The van der Waals surface area contributed by atoms with E-state index in [0.29, 0.717) is 11.3 Å². The molecule has 1 fully saturated rings. The van der Waals surface area contributed by atoms with E-state index in [1.54, 1.807) is 29.1 Å². The van der Waals surface area contributed by atoms with E-state index in [4.69, 9.17) is 4.74 Å². The third kappa shape index (κ3) is 2.13. The Labute approximate surface area is 130 Å². The lowest BCUT2D eigenvalue weighted by Gasteiger charge is -2.17. The van der Waals surface area contributed by atoms with Crippen LogP contribution in [0.15, 0.2) is 30.9 Å². The lowest BCUT2D eigenvalue weighted by atomic mass is 10.1. The monoisotopic (exact) mass is 317 g/mol. The molecule has 4 atom stereocenters. The van der Waals surface area contributed by atoms with Crippen LogP contribution in [0.1, 0.15) is 6.23 Å². The van der Waals surface area contributed by atoms with E-state index in [0.717, 1.165) is 11.1 Å². The zero-order chi connectivity index (χ0) is 16.0. The van der Waals surface area contributed by atoms with Gasteiger partial charge in [0.05, 0.1) is 12.3 Å². The fourth-order valence-electron chi connectivity index (χ4n) is 2.89. The molecule has 0 aliphatic carbocycles. The second kappa shape index (κ2) is 5.39. The topological polar surface area (TPSA) is 129 Å². The molecule has 1 saturated heterocycles. The van der Waals surface area contributed by atoms with Crippen molar-refractivity contribution in [3.05, 3.63) is 30.9 Å². The second-order valence-corrected chi connectivity index (χ2v) is 5.38. The molecule has 0 bridgehead atoms. The van der Waals surface area contributed by atoms with E-state index < -0.39 is 24.5 Å². The molecule has 9 heteroatoms. The first kappa shape index (κ1) is 14.3. The van der Waals surface area contributed by atoms with E-state index in [1.807, 2.05) is 0 Å². The molecular formula is C14H15N5O4. The normalized spacial score (nSPS) is 27.8. The van der Waals surface area contributed by atoms with Gasteiger partial charge in [-0.2, -0.15) is 5.10 Å². The van der Waals surface area contributed by atoms with E-state index in [9.17, 15) is 15.3 Å². The molecule has 1 aliphatic rings. The minimum atomic E-state index is -1.16. The number of ether oxygens (including phenoxy) is 1. The van der Waals surface area contributed by atoms with Crippen molar-refractivity contribution in [3.8, 4) is 11.4 Å². The molecule has 0 aromatic carbocycles. The fraction of sp³-hybridized carbons (Fsp3) is 0.357. The van der Waals surface area contributed by atoms with Crippen molar-refractivity contribution in [2.75, 3.05) is 6.61 Å².